The van der Waals surface area contributed by atoms with E-state index in [0.29, 0.717) is 23.8 Å². The van der Waals surface area contributed by atoms with Crippen molar-refractivity contribution in [3.05, 3.63) is 11.5 Å². The zero-order chi connectivity index (χ0) is 16.0. The molecule has 0 radical (unpaired) electrons. The summed E-state index contributed by atoms with van der Waals surface area (Å²) in [7, 11) is 1.30. The predicted molar refractivity (Wildman–Crippen MR) is 83.6 cm³/mol. The Morgan fingerprint density at radius 3 is 2.57 bits per heavy atom. The third-order valence-corrected chi connectivity index (χ3v) is 3.32. The number of esters is 1. The third kappa shape index (κ3) is 3.51. The Labute approximate surface area is 128 Å². The second-order valence-corrected chi connectivity index (χ2v) is 4.64. The van der Waals surface area contributed by atoms with Gasteiger partial charge in [-0.25, -0.2) is 19.4 Å². The number of nitrogens with two attached hydrogens (primary N) is 1. The highest BCUT2D eigenvalue weighted by Crippen LogP contribution is 2.26. The highest BCUT2D eigenvalue weighted by Gasteiger charge is 2.19. The maximum Gasteiger partial charge on any atom is 0.376 e. The maximum atomic E-state index is 11.6. The lowest BCUT2D eigenvalue weighted by molar-refractivity contribution is 0.0586. The number of nitrogens with zero attached hydrogens (tertiary/aromatic N) is 4. The minimum atomic E-state index is -0.560. The number of aromatic nitrogens is 4. The molecule has 2 aromatic rings. The fourth-order valence-corrected chi connectivity index (χ4v) is 2.44. The predicted octanol–water partition coefficient (Wildman–Crippen LogP) is 1.63. The van der Waals surface area contributed by atoms with E-state index in [9.17, 15) is 4.79 Å². The van der Waals surface area contributed by atoms with Gasteiger partial charge in [0.1, 0.15) is 5.03 Å². The van der Waals surface area contributed by atoms with Crippen molar-refractivity contribution >= 4 is 28.8 Å². The Balaban J connectivity index is 0.00000106. The Hall–Kier alpha value is -1.67. The summed E-state index contributed by atoms with van der Waals surface area (Å²) >= 11 is 1.44. The van der Waals surface area contributed by atoms with Crippen LogP contribution in [0.2, 0.25) is 0 Å². The number of thioether (sulfide) groups is 1. The van der Waals surface area contributed by atoms with Gasteiger partial charge in [0.2, 0.25) is 5.82 Å². The second kappa shape index (κ2) is 7.94. The van der Waals surface area contributed by atoms with E-state index < -0.39 is 5.97 Å². The molecular weight excluding hydrogens is 290 g/mol. The lowest BCUT2D eigenvalue weighted by Crippen LogP contribution is -2.13. The Kier molecular flexibility index (Phi) is 6.57. The molecule has 2 aromatic heterocycles. The number of hydrogen-bond donors (Lipinski definition) is 1. The van der Waals surface area contributed by atoms with Gasteiger partial charge in [-0.3, -0.25) is 0 Å². The first-order valence-electron chi connectivity index (χ1n) is 6.69. The van der Waals surface area contributed by atoms with Crippen molar-refractivity contribution < 1.29 is 9.53 Å². The molecule has 0 spiro atoms. The first-order valence-corrected chi connectivity index (χ1v) is 7.92. The van der Waals surface area contributed by atoms with Crippen LogP contribution in [-0.4, -0.2) is 45.6 Å². The molecule has 0 fully saturated rings. The number of carbonyl (C=O) groups is 1. The number of carbonyl (C=O) groups excluding carboxylic acids is 1. The molecule has 2 heterocycles. The van der Waals surface area contributed by atoms with Crippen LogP contribution in [0.3, 0.4) is 0 Å². The zero-order valence-corrected chi connectivity index (χ0v) is 13.8. The quantitative estimate of drug-likeness (QED) is 0.521. The van der Waals surface area contributed by atoms with Gasteiger partial charge < -0.3 is 10.5 Å². The largest absolute Gasteiger partial charge is 0.463 e. The molecule has 0 unspecified atom stereocenters. The van der Waals surface area contributed by atoms with Gasteiger partial charge in [-0.15, -0.1) is 11.8 Å². The average Bonchev–Trinajstić information content (AvgIpc) is 2.84. The molecule has 0 aromatic carbocycles. The number of rotatable bonds is 4. The van der Waals surface area contributed by atoms with E-state index in [1.165, 1.54) is 18.9 Å². The molecule has 0 amide bonds. The summed E-state index contributed by atoms with van der Waals surface area (Å²) in [4.78, 5) is 20.0. The molecule has 0 aliphatic heterocycles. The van der Waals surface area contributed by atoms with Gasteiger partial charge in [0.15, 0.2) is 5.65 Å². The normalized spacial score (nSPS) is 10.2. The molecule has 2 N–H and O–H groups in total. The number of fused-ring (bicyclic) bond motifs is 1. The van der Waals surface area contributed by atoms with Crippen LogP contribution in [0.25, 0.3) is 11.0 Å². The van der Waals surface area contributed by atoms with E-state index in [1.807, 2.05) is 27.0 Å². The van der Waals surface area contributed by atoms with Crippen LogP contribution >= 0.6 is 11.8 Å². The van der Waals surface area contributed by atoms with Gasteiger partial charge in [0.05, 0.1) is 24.7 Å². The molecule has 0 atom stereocenters. The van der Waals surface area contributed by atoms with E-state index in [0.717, 1.165) is 11.1 Å². The summed E-state index contributed by atoms with van der Waals surface area (Å²) in [6.45, 7) is 6.87. The molecule has 0 bridgehead atoms. The highest BCUT2D eigenvalue weighted by molar-refractivity contribution is 7.98. The fraction of sp³-hybridized carbons (Fsp3) is 0.538. The van der Waals surface area contributed by atoms with Crippen molar-refractivity contribution in [1.29, 1.82) is 0 Å². The summed E-state index contributed by atoms with van der Waals surface area (Å²) in [5.41, 5.74) is 6.99. The Morgan fingerprint density at radius 2 is 2.05 bits per heavy atom. The molecule has 0 saturated carbocycles. The minimum Gasteiger partial charge on any atom is -0.463 e. The van der Waals surface area contributed by atoms with Gasteiger partial charge in [0.25, 0.3) is 0 Å². The molecular formula is C13H21N5O2S. The lowest BCUT2D eigenvalue weighted by atomic mass is 10.3. The van der Waals surface area contributed by atoms with Crippen LogP contribution in [-0.2, 0) is 11.3 Å². The zero-order valence-electron chi connectivity index (χ0n) is 13.0. The molecule has 0 saturated heterocycles. The van der Waals surface area contributed by atoms with Crippen LogP contribution in [0.15, 0.2) is 5.03 Å². The van der Waals surface area contributed by atoms with Gasteiger partial charge in [0, 0.05) is 6.54 Å². The Bertz CT molecular complexity index is 627. The molecule has 0 aliphatic rings. The van der Waals surface area contributed by atoms with Crippen LogP contribution in [0.4, 0.5) is 0 Å². The molecule has 0 aliphatic carbocycles. The molecule has 21 heavy (non-hydrogen) atoms. The van der Waals surface area contributed by atoms with Crippen LogP contribution in [0.5, 0.6) is 0 Å². The van der Waals surface area contributed by atoms with Gasteiger partial charge in [-0.2, -0.15) is 5.10 Å². The lowest BCUT2D eigenvalue weighted by Gasteiger charge is -2.04. The SMILES string of the molecule is CC.COC(=O)c1nc(SC)c2c(C)nn(CCN)c2n1. The van der Waals surface area contributed by atoms with Gasteiger partial charge in [-0.05, 0) is 13.2 Å². The monoisotopic (exact) mass is 311 g/mol. The molecule has 7 nitrogen and oxygen atoms in total. The van der Waals surface area contributed by atoms with Crippen molar-refractivity contribution in [2.75, 3.05) is 19.9 Å². The smallest absolute Gasteiger partial charge is 0.376 e. The van der Waals surface area contributed by atoms with E-state index in [-0.39, 0.29) is 5.82 Å². The van der Waals surface area contributed by atoms with Crippen molar-refractivity contribution in [3.63, 3.8) is 0 Å². The highest BCUT2D eigenvalue weighted by atomic mass is 32.2. The molecule has 8 heteroatoms. The molecule has 2 rings (SSSR count). The van der Waals surface area contributed by atoms with Crippen molar-refractivity contribution in [2.24, 2.45) is 5.73 Å². The van der Waals surface area contributed by atoms with E-state index in [2.05, 4.69) is 19.8 Å². The number of ether oxygens (including phenoxy) is 1. The van der Waals surface area contributed by atoms with Crippen molar-refractivity contribution in [2.45, 2.75) is 32.3 Å². The third-order valence-electron chi connectivity index (χ3n) is 2.64. The molecule has 116 valence electrons. The van der Waals surface area contributed by atoms with Crippen molar-refractivity contribution in [3.8, 4) is 0 Å². The van der Waals surface area contributed by atoms with Crippen molar-refractivity contribution in [1.82, 2.24) is 19.7 Å². The summed E-state index contributed by atoms with van der Waals surface area (Å²) in [6, 6.07) is 0. The number of aryl methyl sites for hydroxylation is 1. The second-order valence-electron chi connectivity index (χ2n) is 3.84. The first-order chi connectivity index (χ1) is 10.1. The summed E-state index contributed by atoms with van der Waals surface area (Å²) in [5.74, 6) is -0.520. The minimum absolute atomic E-state index is 0.0394. The summed E-state index contributed by atoms with van der Waals surface area (Å²) in [5, 5.41) is 5.95. The van der Waals surface area contributed by atoms with Crippen LogP contribution < -0.4 is 5.73 Å². The summed E-state index contributed by atoms with van der Waals surface area (Å²) < 4.78 is 6.36. The average molecular weight is 311 g/mol. The summed E-state index contributed by atoms with van der Waals surface area (Å²) in [6.07, 6.45) is 1.89. The van der Waals surface area contributed by atoms with E-state index in [4.69, 9.17) is 5.73 Å². The topological polar surface area (TPSA) is 95.9 Å². The van der Waals surface area contributed by atoms with E-state index >= 15 is 0 Å². The van der Waals surface area contributed by atoms with Crippen LogP contribution in [0.1, 0.15) is 30.2 Å². The number of methoxy groups -OCH3 is 1. The Morgan fingerprint density at radius 1 is 1.38 bits per heavy atom. The first kappa shape index (κ1) is 17.4. The fourth-order valence-electron chi connectivity index (χ4n) is 1.82. The van der Waals surface area contributed by atoms with Crippen LogP contribution in [0, 0.1) is 6.92 Å². The van der Waals surface area contributed by atoms with Gasteiger partial charge in [-0.1, -0.05) is 13.8 Å². The standard InChI is InChI=1S/C11H15N5O2S.C2H6/c1-6-7-9(16(15-6)5-4-12)13-8(11(17)18-2)14-10(7)19-3;1-2/h4-5,12H2,1-3H3;1-2H3. The maximum absolute atomic E-state index is 11.6. The van der Waals surface area contributed by atoms with E-state index in [1.54, 1.807) is 4.68 Å². The number of hydrogen-bond acceptors (Lipinski definition) is 7. The van der Waals surface area contributed by atoms with Gasteiger partial charge >= 0.3 is 5.97 Å².